The fourth-order valence-electron chi connectivity index (χ4n) is 3.55. The Morgan fingerprint density at radius 1 is 1.12 bits per heavy atom. The van der Waals surface area contributed by atoms with E-state index < -0.39 is 0 Å². The van der Waals surface area contributed by atoms with Crippen molar-refractivity contribution in [1.29, 1.82) is 0 Å². The van der Waals surface area contributed by atoms with Crippen LogP contribution in [0.3, 0.4) is 0 Å². The highest BCUT2D eigenvalue weighted by Gasteiger charge is 2.26. The van der Waals surface area contributed by atoms with Crippen LogP contribution in [0.25, 0.3) is 16.6 Å². The molecule has 0 unspecified atom stereocenters. The first kappa shape index (κ1) is 16.0. The van der Waals surface area contributed by atoms with Gasteiger partial charge in [0.15, 0.2) is 0 Å². The number of carbonyl (C=O) groups excluding carboxylic acids is 1. The van der Waals surface area contributed by atoms with E-state index in [1.165, 1.54) is 0 Å². The van der Waals surface area contributed by atoms with Gasteiger partial charge in [-0.3, -0.25) is 0 Å². The Morgan fingerprint density at radius 3 is 2.52 bits per heavy atom. The zero-order valence-corrected chi connectivity index (χ0v) is 14.5. The molecule has 1 saturated heterocycles. The molecule has 1 aliphatic rings. The van der Waals surface area contributed by atoms with Crippen LogP contribution in [0.15, 0.2) is 48.5 Å². The number of hydrogen-bond donors (Lipinski definition) is 1. The van der Waals surface area contributed by atoms with E-state index in [1.54, 1.807) is 4.90 Å². The number of halogens is 1. The number of rotatable bonds is 2. The van der Waals surface area contributed by atoms with Gasteiger partial charge in [0.25, 0.3) is 0 Å². The van der Waals surface area contributed by atoms with Gasteiger partial charge in [-0.25, -0.2) is 9.48 Å². The molecule has 0 aliphatic carbocycles. The monoisotopic (exact) mass is 354 g/mol. The standard InChI is InChI=1S/C19H19ClN4O/c20-14-6-7-16-17(12-14)24(15-4-2-1-3-5-15)22-18(16)13-8-10-23(11-9-13)19(21)25/h1-7,12-13H,8-11H2,(H2,21,25). The number of para-hydroxylation sites is 1. The van der Waals surface area contributed by atoms with Crippen molar-refractivity contribution in [3.05, 3.63) is 59.2 Å². The largest absolute Gasteiger partial charge is 0.351 e. The first-order valence-corrected chi connectivity index (χ1v) is 8.79. The fourth-order valence-corrected chi connectivity index (χ4v) is 3.72. The number of benzene rings is 2. The number of amides is 2. The van der Waals surface area contributed by atoms with E-state index in [-0.39, 0.29) is 6.03 Å². The third-order valence-corrected chi connectivity index (χ3v) is 5.10. The number of fused-ring (bicyclic) bond motifs is 1. The van der Waals surface area contributed by atoms with Crippen molar-refractivity contribution in [2.24, 2.45) is 5.73 Å². The van der Waals surface area contributed by atoms with Crippen molar-refractivity contribution in [2.75, 3.05) is 13.1 Å². The fraction of sp³-hybridized carbons (Fsp3) is 0.263. The van der Waals surface area contributed by atoms with Crippen LogP contribution in [-0.2, 0) is 0 Å². The number of carbonyl (C=O) groups is 1. The third kappa shape index (κ3) is 2.96. The van der Waals surface area contributed by atoms with E-state index >= 15 is 0 Å². The summed E-state index contributed by atoms with van der Waals surface area (Å²) in [4.78, 5) is 13.0. The lowest BCUT2D eigenvalue weighted by Crippen LogP contribution is -2.41. The van der Waals surface area contributed by atoms with Crippen LogP contribution in [0.5, 0.6) is 0 Å². The van der Waals surface area contributed by atoms with Gasteiger partial charge in [-0.05, 0) is 43.2 Å². The molecule has 0 bridgehead atoms. The Hall–Kier alpha value is -2.53. The van der Waals surface area contributed by atoms with Gasteiger partial charge in [0.2, 0.25) is 0 Å². The molecule has 1 aliphatic heterocycles. The number of hydrogen-bond acceptors (Lipinski definition) is 2. The topological polar surface area (TPSA) is 64.2 Å². The minimum Gasteiger partial charge on any atom is -0.351 e. The van der Waals surface area contributed by atoms with Gasteiger partial charge in [-0.15, -0.1) is 0 Å². The molecule has 3 aromatic rings. The first-order chi connectivity index (χ1) is 12.1. The van der Waals surface area contributed by atoms with Crippen LogP contribution in [0.1, 0.15) is 24.5 Å². The van der Waals surface area contributed by atoms with Crippen LogP contribution in [0.2, 0.25) is 5.02 Å². The molecule has 6 heteroatoms. The maximum Gasteiger partial charge on any atom is 0.314 e. The van der Waals surface area contributed by atoms with Crippen LogP contribution in [0, 0.1) is 0 Å². The quantitative estimate of drug-likeness (QED) is 0.757. The Bertz CT molecular complexity index is 914. The molecule has 25 heavy (non-hydrogen) atoms. The van der Waals surface area contributed by atoms with Gasteiger partial charge >= 0.3 is 6.03 Å². The minimum atomic E-state index is -0.343. The molecule has 2 heterocycles. The summed E-state index contributed by atoms with van der Waals surface area (Å²) in [6.07, 6.45) is 1.74. The average molecular weight is 355 g/mol. The second kappa shape index (κ2) is 6.41. The average Bonchev–Trinajstić information content (AvgIpc) is 3.01. The van der Waals surface area contributed by atoms with E-state index in [0.717, 1.165) is 35.1 Å². The second-order valence-corrected chi connectivity index (χ2v) is 6.83. The number of primary amides is 1. The number of nitrogens with two attached hydrogens (primary N) is 1. The molecular weight excluding hydrogens is 336 g/mol. The number of aromatic nitrogens is 2. The molecule has 2 aromatic carbocycles. The highest BCUT2D eigenvalue weighted by atomic mass is 35.5. The van der Waals surface area contributed by atoms with Gasteiger partial charge in [-0.2, -0.15) is 5.10 Å². The van der Waals surface area contributed by atoms with Gasteiger partial charge in [-0.1, -0.05) is 29.8 Å². The summed E-state index contributed by atoms with van der Waals surface area (Å²) in [6.45, 7) is 1.35. The third-order valence-electron chi connectivity index (χ3n) is 4.87. The lowest BCUT2D eigenvalue weighted by atomic mass is 9.92. The van der Waals surface area contributed by atoms with E-state index in [1.807, 2.05) is 53.2 Å². The Labute approximate surface area is 151 Å². The molecular formula is C19H19ClN4O. The van der Waals surface area contributed by atoms with Crippen LogP contribution in [-0.4, -0.2) is 33.8 Å². The predicted molar refractivity (Wildman–Crippen MR) is 99.2 cm³/mol. The molecule has 0 radical (unpaired) electrons. The maximum atomic E-state index is 11.4. The zero-order valence-electron chi connectivity index (χ0n) is 13.7. The summed E-state index contributed by atoms with van der Waals surface area (Å²) < 4.78 is 1.96. The molecule has 1 fully saturated rings. The Kier molecular flexibility index (Phi) is 4.09. The zero-order chi connectivity index (χ0) is 17.4. The van der Waals surface area contributed by atoms with Gasteiger partial charge in [0.1, 0.15) is 0 Å². The van der Waals surface area contributed by atoms with Gasteiger partial charge in [0, 0.05) is 29.4 Å². The molecule has 1 aromatic heterocycles. The van der Waals surface area contributed by atoms with Crippen LogP contribution < -0.4 is 5.73 Å². The Balaban J connectivity index is 1.76. The number of nitrogens with zero attached hydrogens (tertiary/aromatic N) is 3. The highest BCUT2D eigenvalue weighted by Crippen LogP contribution is 2.34. The van der Waals surface area contributed by atoms with Gasteiger partial charge in [0.05, 0.1) is 16.9 Å². The number of urea groups is 1. The van der Waals surface area contributed by atoms with Crippen molar-refractivity contribution >= 4 is 28.5 Å². The van der Waals surface area contributed by atoms with Crippen LogP contribution in [0.4, 0.5) is 4.79 Å². The van der Waals surface area contributed by atoms with E-state index in [2.05, 4.69) is 0 Å². The molecule has 0 spiro atoms. The normalized spacial score (nSPS) is 15.6. The molecule has 0 atom stereocenters. The Morgan fingerprint density at radius 2 is 1.84 bits per heavy atom. The summed E-state index contributed by atoms with van der Waals surface area (Å²) in [5.41, 5.74) is 8.48. The van der Waals surface area contributed by atoms with Crippen molar-refractivity contribution in [1.82, 2.24) is 14.7 Å². The van der Waals surface area contributed by atoms with E-state index in [4.69, 9.17) is 22.4 Å². The summed E-state index contributed by atoms with van der Waals surface area (Å²) in [7, 11) is 0. The lowest BCUT2D eigenvalue weighted by Gasteiger charge is -2.30. The first-order valence-electron chi connectivity index (χ1n) is 8.41. The summed E-state index contributed by atoms with van der Waals surface area (Å²) >= 11 is 6.23. The lowest BCUT2D eigenvalue weighted by molar-refractivity contribution is 0.190. The minimum absolute atomic E-state index is 0.309. The smallest absolute Gasteiger partial charge is 0.314 e. The predicted octanol–water partition coefficient (Wildman–Crippen LogP) is 3.94. The number of likely N-dealkylation sites (tertiary alicyclic amines) is 1. The molecule has 2 amide bonds. The summed E-state index contributed by atoms with van der Waals surface area (Å²) in [5, 5.41) is 6.73. The molecule has 2 N–H and O–H groups in total. The van der Waals surface area contributed by atoms with E-state index in [9.17, 15) is 4.79 Å². The molecule has 0 saturated carbocycles. The summed E-state index contributed by atoms with van der Waals surface area (Å²) in [6, 6.07) is 15.6. The molecule has 4 rings (SSSR count). The van der Waals surface area contributed by atoms with Crippen molar-refractivity contribution in [2.45, 2.75) is 18.8 Å². The molecule has 128 valence electrons. The van der Waals surface area contributed by atoms with Gasteiger partial charge < -0.3 is 10.6 Å². The summed E-state index contributed by atoms with van der Waals surface area (Å²) in [5.74, 6) is 0.309. The van der Waals surface area contributed by atoms with E-state index in [0.29, 0.717) is 24.0 Å². The highest BCUT2D eigenvalue weighted by molar-refractivity contribution is 6.31. The molecule has 5 nitrogen and oxygen atoms in total. The SMILES string of the molecule is NC(=O)N1CCC(c2nn(-c3ccccc3)c3cc(Cl)ccc23)CC1. The maximum absolute atomic E-state index is 11.4. The van der Waals surface area contributed by atoms with Crippen molar-refractivity contribution in [3.8, 4) is 5.69 Å². The number of piperidine rings is 1. The van der Waals surface area contributed by atoms with Crippen molar-refractivity contribution < 1.29 is 4.79 Å². The van der Waals surface area contributed by atoms with Crippen molar-refractivity contribution in [3.63, 3.8) is 0 Å². The van der Waals surface area contributed by atoms with Crippen LogP contribution >= 0.6 is 11.6 Å². The second-order valence-electron chi connectivity index (χ2n) is 6.39.